The Bertz CT molecular complexity index is 749. The molecule has 2 aliphatic heterocycles. The Labute approximate surface area is 353 Å². The van der Waals surface area contributed by atoms with Gasteiger partial charge in [0.2, 0.25) is 0 Å². The van der Waals surface area contributed by atoms with Crippen LogP contribution in [0.3, 0.4) is 0 Å². The van der Waals surface area contributed by atoms with E-state index >= 15 is 0 Å². The highest BCUT2D eigenvalue weighted by atomic mass is 16.7. The molecule has 0 amide bonds. The Kier molecular flexibility index (Phi) is 34.0. The second kappa shape index (κ2) is 36.7. The van der Waals surface area contributed by atoms with Crippen LogP contribution in [-0.4, -0.2) is 68.1 Å². The number of rotatable bonds is 41. The Morgan fingerprint density at radius 2 is 0.786 bits per heavy atom. The number of piperazine rings is 1. The third-order valence-electron chi connectivity index (χ3n) is 14.0. The zero-order valence-electron chi connectivity index (χ0n) is 39.3. The molecule has 334 valence electrons. The van der Waals surface area contributed by atoms with Crippen molar-refractivity contribution in [2.24, 2.45) is 11.8 Å². The zero-order valence-corrected chi connectivity index (χ0v) is 39.3. The molecule has 4 nitrogen and oxygen atoms in total. The van der Waals surface area contributed by atoms with E-state index in [1.165, 1.54) is 244 Å². The Morgan fingerprint density at radius 3 is 1.16 bits per heavy atom. The minimum absolute atomic E-state index is 0.283. The minimum atomic E-state index is -0.303. The molecule has 1 unspecified atom stereocenters. The average Bonchev–Trinajstić information content (AvgIpc) is 3.61. The van der Waals surface area contributed by atoms with Crippen molar-refractivity contribution < 1.29 is 9.47 Å². The standard InChI is InChI=1S/C52H104N2O2/c1-6-10-26-34-49(35-27-11-7-2)38-30-22-18-14-16-20-24-32-41-52(55-48-51(56-52)40-43-54-46-44-53(5)45-47-54)42-33-25-21-17-15-19-23-31-39-50(36-28-12-8-3)37-29-13-9-4/h49-51H,6-48H2,1-5H3. The smallest absolute Gasteiger partial charge is 0.168 e. The summed E-state index contributed by atoms with van der Waals surface area (Å²) in [5.41, 5.74) is 0. The van der Waals surface area contributed by atoms with Gasteiger partial charge >= 0.3 is 0 Å². The van der Waals surface area contributed by atoms with Crippen LogP contribution in [0.1, 0.15) is 265 Å². The van der Waals surface area contributed by atoms with E-state index in [0.717, 1.165) is 44.2 Å². The molecule has 0 aliphatic carbocycles. The summed E-state index contributed by atoms with van der Waals surface area (Å²) < 4.78 is 13.6. The van der Waals surface area contributed by atoms with Gasteiger partial charge in [0.05, 0.1) is 12.7 Å². The molecule has 2 fully saturated rings. The first-order chi connectivity index (χ1) is 27.5. The van der Waals surface area contributed by atoms with Crippen LogP contribution in [0.25, 0.3) is 0 Å². The summed E-state index contributed by atoms with van der Waals surface area (Å²) in [6.45, 7) is 16.1. The van der Waals surface area contributed by atoms with Crippen molar-refractivity contribution in [2.45, 2.75) is 277 Å². The number of ether oxygens (including phenoxy) is 2. The summed E-state index contributed by atoms with van der Waals surface area (Å²) in [7, 11) is 2.25. The molecule has 0 bridgehead atoms. The molecule has 0 radical (unpaired) electrons. The van der Waals surface area contributed by atoms with Crippen LogP contribution in [0.2, 0.25) is 0 Å². The van der Waals surface area contributed by atoms with Gasteiger partial charge in [-0.15, -0.1) is 0 Å². The molecule has 0 aromatic rings. The van der Waals surface area contributed by atoms with Crippen molar-refractivity contribution in [1.82, 2.24) is 9.80 Å². The zero-order chi connectivity index (χ0) is 40.2. The Morgan fingerprint density at radius 1 is 0.446 bits per heavy atom. The molecule has 4 heteroatoms. The molecule has 1 atom stereocenters. The summed E-state index contributed by atoms with van der Waals surface area (Å²) in [5.74, 6) is 1.71. The third-order valence-corrected chi connectivity index (χ3v) is 14.0. The van der Waals surface area contributed by atoms with Crippen molar-refractivity contribution in [1.29, 1.82) is 0 Å². The van der Waals surface area contributed by atoms with Crippen molar-refractivity contribution >= 4 is 0 Å². The molecule has 56 heavy (non-hydrogen) atoms. The lowest BCUT2D eigenvalue weighted by Gasteiger charge is -2.33. The van der Waals surface area contributed by atoms with Crippen LogP contribution in [0, 0.1) is 11.8 Å². The number of hydrogen-bond acceptors (Lipinski definition) is 4. The molecule has 2 saturated heterocycles. The van der Waals surface area contributed by atoms with E-state index in [0.29, 0.717) is 0 Å². The summed E-state index contributed by atoms with van der Waals surface area (Å²) in [6, 6.07) is 0. The first-order valence-electron chi connectivity index (χ1n) is 26.3. The molecule has 0 spiro atoms. The fourth-order valence-electron chi connectivity index (χ4n) is 9.92. The molecule has 2 aliphatic rings. The van der Waals surface area contributed by atoms with E-state index in [9.17, 15) is 0 Å². The number of hydrogen-bond donors (Lipinski definition) is 0. The number of unbranched alkanes of at least 4 members (excludes halogenated alkanes) is 22. The van der Waals surface area contributed by atoms with Crippen LogP contribution in [0.4, 0.5) is 0 Å². The molecule has 0 aromatic carbocycles. The van der Waals surface area contributed by atoms with E-state index in [4.69, 9.17) is 9.47 Å². The van der Waals surface area contributed by atoms with E-state index in [1.54, 1.807) is 0 Å². The first-order valence-corrected chi connectivity index (χ1v) is 26.3. The Balaban J connectivity index is 1.63. The van der Waals surface area contributed by atoms with Gasteiger partial charge in [0.1, 0.15) is 0 Å². The van der Waals surface area contributed by atoms with Crippen molar-refractivity contribution in [3.8, 4) is 0 Å². The summed E-state index contributed by atoms with van der Waals surface area (Å²) >= 11 is 0. The highest BCUT2D eigenvalue weighted by Gasteiger charge is 2.40. The monoisotopic (exact) mass is 789 g/mol. The van der Waals surface area contributed by atoms with Gasteiger partial charge in [0.15, 0.2) is 5.79 Å². The van der Waals surface area contributed by atoms with Crippen LogP contribution in [0.15, 0.2) is 0 Å². The third kappa shape index (κ3) is 27.6. The quantitative estimate of drug-likeness (QED) is 0.0576. The topological polar surface area (TPSA) is 24.9 Å². The molecular formula is C52H104N2O2. The van der Waals surface area contributed by atoms with E-state index < -0.39 is 0 Å². The highest BCUT2D eigenvalue weighted by Crippen LogP contribution is 2.36. The van der Waals surface area contributed by atoms with Gasteiger partial charge in [-0.3, -0.25) is 0 Å². The molecular weight excluding hydrogens is 685 g/mol. The number of nitrogens with zero attached hydrogens (tertiary/aromatic N) is 2. The van der Waals surface area contributed by atoms with Crippen molar-refractivity contribution in [3.63, 3.8) is 0 Å². The van der Waals surface area contributed by atoms with Gasteiger partial charge in [-0.2, -0.15) is 0 Å². The largest absolute Gasteiger partial charge is 0.347 e. The minimum Gasteiger partial charge on any atom is -0.347 e. The van der Waals surface area contributed by atoms with Gasteiger partial charge in [-0.25, -0.2) is 0 Å². The van der Waals surface area contributed by atoms with Crippen LogP contribution < -0.4 is 0 Å². The maximum atomic E-state index is 6.91. The lowest BCUT2D eigenvalue weighted by atomic mass is 9.90. The van der Waals surface area contributed by atoms with E-state index in [1.807, 2.05) is 0 Å². The van der Waals surface area contributed by atoms with Gasteiger partial charge in [-0.1, -0.05) is 233 Å². The van der Waals surface area contributed by atoms with E-state index in [-0.39, 0.29) is 11.9 Å². The fraction of sp³-hybridized carbons (Fsp3) is 1.00. The SMILES string of the molecule is CCCCCC(CCCCC)CCCCCCCCCCC1(CCCCCCCCCCC(CCCCC)CCCCC)OCC(CCN2CCN(C)CC2)O1. The fourth-order valence-corrected chi connectivity index (χ4v) is 9.92. The summed E-state index contributed by atoms with van der Waals surface area (Å²) in [5, 5.41) is 0. The lowest BCUT2D eigenvalue weighted by molar-refractivity contribution is -0.180. The van der Waals surface area contributed by atoms with Crippen LogP contribution in [-0.2, 0) is 9.47 Å². The number of likely N-dealkylation sites (N-methyl/N-ethyl adjacent to an activating group) is 1. The van der Waals surface area contributed by atoms with Crippen LogP contribution >= 0.6 is 0 Å². The van der Waals surface area contributed by atoms with Gasteiger partial charge in [0, 0.05) is 45.6 Å². The van der Waals surface area contributed by atoms with Gasteiger partial charge in [-0.05, 0) is 38.1 Å². The van der Waals surface area contributed by atoms with Gasteiger partial charge in [0.25, 0.3) is 0 Å². The summed E-state index contributed by atoms with van der Waals surface area (Å²) in [4.78, 5) is 5.10. The highest BCUT2D eigenvalue weighted by molar-refractivity contribution is 4.81. The molecule has 0 saturated carbocycles. The predicted molar refractivity (Wildman–Crippen MR) is 248 cm³/mol. The molecule has 2 rings (SSSR count). The maximum Gasteiger partial charge on any atom is 0.168 e. The lowest BCUT2D eigenvalue weighted by Crippen LogP contribution is -2.45. The molecule has 0 aromatic heterocycles. The molecule has 2 heterocycles. The van der Waals surface area contributed by atoms with Crippen molar-refractivity contribution in [3.05, 3.63) is 0 Å². The predicted octanol–water partition coefficient (Wildman–Crippen LogP) is 16.1. The normalized spacial score (nSPS) is 17.9. The second-order valence-electron chi connectivity index (χ2n) is 19.3. The summed E-state index contributed by atoms with van der Waals surface area (Å²) in [6.07, 6.45) is 52.0. The van der Waals surface area contributed by atoms with Crippen molar-refractivity contribution in [2.75, 3.05) is 46.4 Å². The second-order valence-corrected chi connectivity index (χ2v) is 19.3. The van der Waals surface area contributed by atoms with E-state index in [2.05, 4.69) is 44.5 Å². The molecule has 0 N–H and O–H groups in total. The Hall–Kier alpha value is -0.160. The van der Waals surface area contributed by atoms with Crippen LogP contribution in [0.5, 0.6) is 0 Å². The maximum absolute atomic E-state index is 6.91. The van der Waals surface area contributed by atoms with Gasteiger partial charge < -0.3 is 19.3 Å². The average molecular weight is 789 g/mol. The first kappa shape index (κ1) is 52.0.